The van der Waals surface area contributed by atoms with E-state index in [4.69, 9.17) is 0 Å². The molecule has 2 N–H and O–H groups in total. The SMILES string of the molecule is CCC1C(=O)NC(=O)CN1C(=O)Cc1ccn[nH]1. The molecule has 0 spiro atoms. The van der Waals surface area contributed by atoms with Crippen LogP contribution < -0.4 is 5.32 Å². The fourth-order valence-electron chi connectivity index (χ4n) is 1.98. The number of nitrogens with zero attached hydrogens (tertiary/aromatic N) is 2. The largest absolute Gasteiger partial charge is 0.321 e. The highest BCUT2D eigenvalue weighted by Gasteiger charge is 2.35. The predicted molar refractivity (Wildman–Crippen MR) is 61.2 cm³/mol. The number of rotatable bonds is 3. The summed E-state index contributed by atoms with van der Waals surface area (Å²) in [6.07, 6.45) is 2.14. The fourth-order valence-corrected chi connectivity index (χ4v) is 1.98. The van der Waals surface area contributed by atoms with E-state index in [9.17, 15) is 14.4 Å². The standard InChI is InChI=1S/C11H14N4O3/c1-2-8-11(18)13-9(16)6-15(8)10(17)5-7-3-4-12-14-7/h3-4,8H,2,5-6H2,1H3,(H,12,14)(H,13,16,18). The van der Waals surface area contributed by atoms with Crippen LogP contribution in [0.2, 0.25) is 0 Å². The maximum atomic E-state index is 12.1. The summed E-state index contributed by atoms with van der Waals surface area (Å²) in [4.78, 5) is 36.3. The maximum absolute atomic E-state index is 12.1. The van der Waals surface area contributed by atoms with Gasteiger partial charge in [0.15, 0.2) is 0 Å². The second-order valence-corrected chi connectivity index (χ2v) is 4.12. The van der Waals surface area contributed by atoms with Crippen molar-refractivity contribution in [2.75, 3.05) is 6.54 Å². The summed E-state index contributed by atoms with van der Waals surface area (Å²) in [5.41, 5.74) is 0.660. The van der Waals surface area contributed by atoms with Crippen LogP contribution >= 0.6 is 0 Å². The van der Waals surface area contributed by atoms with Crippen LogP contribution in [0.4, 0.5) is 0 Å². The Labute approximate surface area is 104 Å². The monoisotopic (exact) mass is 250 g/mol. The Morgan fingerprint density at radius 1 is 1.56 bits per heavy atom. The zero-order valence-electron chi connectivity index (χ0n) is 9.97. The fraction of sp³-hybridized carbons (Fsp3) is 0.455. The third-order valence-electron chi connectivity index (χ3n) is 2.86. The molecule has 0 bridgehead atoms. The quantitative estimate of drug-likeness (QED) is 0.688. The van der Waals surface area contributed by atoms with Crippen LogP contribution in [0.1, 0.15) is 19.0 Å². The average molecular weight is 250 g/mol. The molecule has 1 fully saturated rings. The Kier molecular flexibility index (Phi) is 3.40. The van der Waals surface area contributed by atoms with E-state index in [1.54, 1.807) is 19.2 Å². The molecule has 2 heterocycles. The molecule has 2 rings (SSSR count). The summed E-state index contributed by atoms with van der Waals surface area (Å²) in [6.45, 7) is 1.73. The lowest BCUT2D eigenvalue weighted by Gasteiger charge is -2.33. The van der Waals surface area contributed by atoms with Gasteiger partial charge in [-0.15, -0.1) is 0 Å². The van der Waals surface area contributed by atoms with Crippen LogP contribution in [0.5, 0.6) is 0 Å². The molecule has 0 aromatic carbocycles. The van der Waals surface area contributed by atoms with Gasteiger partial charge in [0.2, 0.25) is 17.7 Å². The maximum Gasteiger partial charge on any atom is 0.249 e. The topological polar surface area (TPSA) is 95.2 Å². The molecule has 1 saturated heterocycles. The van der Waals surface area contributed by atoms with Crippen molar-refractivity contribution in [2.45, 2.75) is 25.8 Å². The number of piperazine rings is 1. The molecule has 1 unspecified atom stereocenters. The van der Waals surface area contributed by atoms with Gasteiger partial charge >= 0.3 is 0 Å². The summed E-state index contributed by atoms with van der Waals surface area (Å²) < 4.78 is 0. The normalized spacial score (nSPS) is 19.8. The van der Waals surface area contributed by atoms with Crippen molar-refractivity contribution >= 4 is 17.7 Å². The Balaban J connectivity index is 2.11. The molecule has 0 radical (unpaired) electrons. The molecular weight excluding hydrogens is 236 g/mol. The number of hydrogen-bond donors (Lipinski definition) is 2. The predicted octanol–water partition coefficient (Wildman–Crippen LogP) is -0.784. The number of amides is 3. The zero-order chi connectivity index (χ0) is 13.1. The first-order valence-corrected chi connectivity index (χ1v) is 5.73. The molecule has 0 saturated carbocycles. The zero-order valence-corrected chi connectivity index (χ0v) is 9.97. The number of carbonyl (C=O) groups excluding carboxylic acids is 3. The number of H-pyrrole nitrogens is 1. The Morgan fingerprint density at radius 2 is 2.33 bits per heavy atom. The minimum absolute atomic E-state index is 0.0722. The highest BCUT2D eigenvalue weighted by atomic mass is 16.2. The summed E-state index contributed by atoms with van der Waals surface area (Å²) >= 11 is 0. The average Bonchev–Trinajstić information content (AvgIpc) is 2.80. The highest BCUT2D eigenvalue weighted by molar-refractivity contribution is 6.04. The van der Waals surface area contributed by atoms with Crippen LogP contribution in [0.15, 0.2) is 12.3 Å². The highest BCUT2D eigenvalue weighted by Crippen LogP contribution is 2.11. The van der Waals surface area contributed by atoms with Gasteiger partial charge in [0.25, 0.3) is 0 Å². The lowest BCUT2D eigenvalue weighted by molar-refractivity contribution is -0.149. The van der Waals surface area contributed by atoms with E-state index in [-0.39, 0.29) is 18.9 Å². The van der Waals surface area contributed by atoms with E-state index < -0.39 is 17.9 Å². The first-order chi connectivity index (χ1) is 8.61. The lowest BCUT2D eigenvalue weighted by Crippen LogP contribution is -2.59. The van der Waals surface area contributed by atoms with E-state index in [2.05, 4.69) is 15.5 Å². The minimum atomic E-state index is -0.571. The van der Waals surface area contributed by atoms with Crippen LogP contribution in [0, 0.1) is 0 Å². The molecule has 1 aliphatic heterocycles. The third-order valence-corrected chi connectivity index (χ3v) is 2.86. The smallest absolute Gasteiger partial charge is 0.249 e. The van der Waals surface area contributed by atoms with Crippen LogP contribution in [-0.4, -0.2) is 45.4 Å². The minimum Gasteiger partial charge on any atom is -0.321 e. The molecule has 7 heteroatoms. The number of aromatic nitrogens is 2. The van der Waals surface area contributed by atoms with E-state index in [0.29, 0.717) is 12.1 Å². The van der Waals surface area contributed by atoms with E-state index in [1.165, 1.54) is 4.90 Å². The molecule has 18 heavy (non-hydrogen) atoms. The molecule has 96 valence electrons. The van der Waals surface area contributed by atoms with Crippen molar-refractivity contribution in [2.24, 2.45) is 0 Å². The van der Waals surface area contributed by atoms with Crippen LogP contribution in [0.25, 0.3) is 0 Å². The lowest BCUT2D eigenvalue weighted by atomic mass is 10.1. The number of hydrogen-bond acceptors (Lipinski definition) is 4. The first-order valence-electron chi connectivity index (χ1n) is 5.73. The number of aromatic amines is 1. The van der Waals surface area contributed by atoms with E-state index in [1.807, 2.05) is 0 Å². The van der Waals surface area contributed by atoms with Gasteiger partial charge < -0.3 is 4.90 Å². The van der Waals surface area contributed by atoms with Crippen molar-refractivity contribution in [1.82, 2.24) is 20.4 Å². The molecule has 0 aliphatic carbocycles. The summed E-state index contributed by atoms with van der Waals surface area (Å²) in [6, 6.07) is 1.11. The Hall–Kier alpha value is -2.18. The van der Waals surface area contributed by atoms with Gasteiger partial charge in [0.05, 0.1) is 6.42 Å². The molecule has 7 nitrogen and oxygen atoms in total. The van der Waals surface area contributed by atoms with Gasteiger partial charge in [-0.05, 0) is 12.5 Å². The molecule has 1 aromatic heterocycles. The van der Waals surface area contributed by atoms with Gasteiger partial charge in [-0.2, -0.15) is 5.10 Å². The van der Waals surface area contributed by atoms with Gasteiger partial charge in [-0.1, -0.05) is 6.92 Å². The van der Waals surface area contributed by atoms with Gasteiger partial charge in [0, 0.05) is 11.9 Å². The summed E-state index contributed by atoms with van der Waals surface area (Å²) in [5, 5.41) is 8.66. The number of carbonyl (C=O) groups is 3. The second kappa shape index (κ2) is 4.99. The van der Waals surface area contributed by atoms with Crippen LogP contribution in [-0.2, 0) is 20.8 Å². The molecule has 1 atom stereocenters. The van der Waals surface area contributed by atoms with Gasteiger partial charge in [-0.3, -0.25) is 24.8 Å². The second-order valence-electron chi connectivity index (χ2n) is 4.12. The van der Waals surface area contributed by atoms with E-state index in [0.717, 1.165) is 0 Å². The molecule has 3 amide bonds. The molecule has 1 aliphatic rings. The van der Waals surface area contributed by atoms with E-state index >= 15 is 0 Å². The summed E-state index contributed by atoms with van der Waals surface area (Å²) in [5.74, 6) is -1.11. The Morgan fingerprint density at radius 3 is 2.94 bits per heavy atom. The van der Waals surface area contributed by atoms with Gasteiger partial charge in [0.1, 0.15) is 12.6 Å². The Bertz CT molecular complexity index is 469. The molecule has 1 aromatic rings. The number of nitrogens with one attached hydrogen (secondary N) is 2. The van der Waals surface area contributed by atoms with Crippen molar-refractivity contribution < 1.29 is 14.4 Å². The number of imide groups is 1. The first kappa shape index (κ1) is 12.3. The van der Waals surface area contributed by atoms with Crippen molar-refractivity contribution in [3.63, 3.8) is 0 Å². The van der Waals surface area contributed by atoms with Crippen molar-refractivity contribution in [3.8, 4) is 0 Å². The molecular formula is C11H14N4O3. The van der Waals surface area contributed by atoms with Gasteiger partial charge in [-0.25, -0.2) is 0 Å². The van der Waals surface area contributed by atoms with Crippen LogP contribution in [0.3, 0.4) is 0 Å². The van der Waals surface area contributed by atoms with Crippen molar-refractivity contribution in [1.29, 1.82) is 0 Å². The summed E-state index contributed by atoms with van der Waals surface area (Å²) in [7, 11) is 0. The van der Waals surface area contributed by atoms with Crippen molar-refractivity contribution in [3.05, 3.63) is 18.0 Å². The third kappa shape index (κ3) is 2.39.